The van der Waals surface area contributed by atoms with E-state index in [1.807, 2.05) is 0 Å². The van der Waals surface area contributed by atoms with Crippen LogP contribution < -0.4 is 10.3 Å². The number of benzene rings is 1. The summed E-state index contributed by atoms with van der Waals surface area (Å²) in [5, 5.41) is 0.0255. The fourth-order valence-electron chi connectivity index (χ4n) is 3.62. The maximum Gasteiger partial charge on any atom is 0.260 e. The van der Waals surface area contributed by atoms with Crippen LogP contribution in [0.15, 0.2) is 81.7 Å². The van der Waals surface area contributed by atoms with E-state index in [4.69, 9.17) is 4.74 Å². The number of aromatic nitrogens is 2. The minimum atomic E-state index is -3.64. The number of piperidine rings is 1. The van der Waals surface area contributed by atoms with Gasteiger partial charge >= 0.3 is 0 Å². The van der Waals surface area contributed by atoms with Gasteiger partial charge in [0.15, 0.2) is 14.9 Å². The van der Waals surface area contributed by atoms with Crippen molar-refractivity contribution in [2.45, 2.75) is 28.9 Å². The van der Waals surface area contributed by atoms with Gasteiger partial charge < -0.3 is 4.74 Å². The van der Waals surface area contributed by atoms with Crippen molar-refractivity contribution in [1.82, 2.24) is 13.9 Å². The van der Waals surface area contributed by atoms with E-state index in [9.17, 15) is 21.6 Å². The molecule has 0 atom stereocenters. The fourth-order valence-corrected chi connectivity index (χ4v) is 5.65. The molecule has 0 bridgehead atoms. The third-order valence-corrected chi connectivity index (χ3v) is 8.32. The molecule has 3 heterocycles. The smallest absolute Gasteiger partial charge is 0.260 e. The van der Waals surface area contributed by atoms with Crippen molar-refractivity contribution >= 4 is 19.9 Å². The van der Waals surface area contributed by atoms with Gasteiger partial charge in [-0.1, -0.05) is 6.07 Å². The third kappa shape index (κ3) is 5.15. The van der Waals surface area contributed by atoms with Gasteiger partial charge in [0.2, 0.25) is 0 Å². The SMILES string of the molecule is CS(=O)(=O)c1ccc(-n2ccc(OC3CCN(S(=O)(=O)c4ccccn4)CC3)cc2=O)cc1. The van der Waals surface area contributed by atoms with Gasteiger partial charge in [0.1, 0.15) is 11.9 Å². The molecule has 0 amide bonds. The second-order valence-corrected chi connectivity index (χ2v) is 11.6. The molecule has 1 aliphatic rings. The number of nitrogens with zero attached hydrogens (tertiary/aromatic N) is 3. The van der Waals surface area contributed by atoms with Crippen LogP contribution in [-0.2, 0) is 19.9 Å². The zero-order valence-corrected chi connectivity index (χ0v) is 19.5. The molecular formula is C22H23N3O6S2. The van der Waals surface area contributed by atoms with Crippen LogP contribution in [0.3, 0.4) is 0 Å². The molecule has 1 aromatic carbocycles. The summed E-state index contributed by atoms with van der Waals surface area (Å²) >= 11 is 0. The number of pyridine rings is 2. The van der Waals surface area contributed by atoms with Crippen LogP contribution in [0.2, 0.25) is 0 Å². The molecule has 0 saturated carbocycles. The molecule has 0 N–H and O–H groups in total. The van der Waals surface area contributed by atoms with Gasteiger partial charge in [0.05, 0.1) is 4.90 Å². The highest BCUT2D eigenvalue weighted by molar-refractivity contribution is 7.90. The first-order chi connectivity index (χ1) is 15.6. The highest BCUT2D eigenvalue weighted by Crippen LogP contribution is 2.23. The van der Waals surface area contributed by atoms with Crippen molar-refractivity contribution in [2.24, 2.45) is 0 Å². The Morgan fingerprint density at radius 1 is 0.970 bits per heavy atom. The van der Waals surface area contributed by atoms with Crippen molar-refractivity contribution in [1.29, 1.82) is 0 Å². The highest BCUT2D eigenvalue weighted by atomic mass is 32.2. The monoisotopic (exact) mass is 489 g/mol. The average Bonchev–Trinajstić information content (AvgIpc) is 2.80. The predicted molar refractivity (Wildman–Crippen MR) is 122 cm³/mol. The number of rotatable bonds is 6. The summed E-state index contributed by atoms with van der Waals surface area (Å²) in [5.74, 6) is 0.398. The summed E-state index contributed by atoms with van der Waals surface area (Å²) in [6.45, 7) is 0.598. The van der Waals surface area contributed by atoms with Gasteiger partial charge in [0.25, 0.3) is 15.6 Å². The van der Waals surface area contributed by atoms with E-state index in [0.29, 0.717) is 37.4 Å². The van der Waals surface area contributed by atoms with Crippen LogP contribution in [-0.4, -0.2) is 56.1 Å². The number of ether oxygens (including phenoxy) is 1. The lowest BCUT2D eigenvalue weighted by atomic mass is 10.1. The summed E-state index contributed by atoms with van der Waals surface area (Å²) < 4.78 is 57.3. The molecule has 1 aliphatic heterocycles. The normalized spacial score (nSPS) is 15.9. The molecule has 9 nitrogen and oxygen atoms in total. The Hall–Kier alpha value is -3.02. The molecule has 3 aromatic rings. The van der Waals surface area contributed by atoms with E-state index < -0.39 is 19.9 Å². The van der Waals surface area contributed by atoms with Crippen molar-refractivity contribution in [2.75, 3.05) is 19.3 Å². The van der Waals surface area contributed by atoms with E-state index in [0.717, 1.165) is 6.26 Å². The van der Waals surface area contributed by atoms with Gasteiger partial charge in [0, 0.05) is 43.5 Å². The van der Waals surface area contributed by atoms with Crippen LogP contribution in [0.1, 0.15) is 12.8 Å². The van der Waals surface area contributed by atoms with Crippen LogP contribution in [0, 0.1) is 0 Å². The zero-order valence-electron chi connectivity index (χ0n) is 17.9. The van der Waals surface area contributed by atoms with Gasteiger partial charge in [-0.2, -0.15) is 4.31 Å². The molecule has 1 saturated heterocycles. The molecule has 0 unspecified atom stereocenters. The molecule has 0 aliphatic carbocycles. The molecular weight excluding hydrogens is 466 g/mol. The van der Waals surface area contributed by atoms with E-state index in [-0.39, 0.29) is 21.6 Å². The minimum Gasteiger partial charge on any atom is -0.490 e. The molecule has 0 radical (unpaired) electrons. The first-order valence-electron chi connectivity index (χ1n) is 10.3. The van der Waals surface area contributed by atoms with E-state index >= 15 is 0 Å². The van der Waals surface area contributed by atoms with Crippen LogP contribution >= 0.6 is 0 Å². The summed E-state index contributed by atoms with van der Waals surface area (Å²) in [6.07, 6.45) is 4.89. The standard InChI is InChI=1S/C22H23N3O6S2/c1-32(27,28)20-7-5-17(6-8-20)25-15-11-19(16-22(25)26)31-18-9-13-24(14-10-18)33(29,30)21-4-2-3-12-23-21/h2-8,11-12,15-16,18H,9-10,13-14H2,1H3. The van der Waals surface area contributed by atoms with Crippen LogP contribution in [0.25, 0.3) is 5.69 Å². The summed E-state index contributed by atoms with van der Waals surface area (Å²) in [6, 6.07) is 13.8. The van der Waals surface area contributed by atoms with Crippen molar-refractivity contribution in [3.05, 3.63) is 77.3 Å². The zero-order chi connectivity index (χ0) is 23.6. The Labute approximate surface area is 192 Å². The second-order valence-electron chi connectivity index (χ2n) is 7.73. The van der Waals surface area contributed by atoms with Crippen LogP contribution in [0.5, 0.6) is 5.75 Å². The van der Waals surface area contributed by atoms with E-state index in [1.165, 1.54) is 39.3 Å². The van der Waals surface area contributed by atoms with Gasteiger partial charge in [-0.15, -0.1) is 0 Å². The van der Waals surface area contributed by atoms with E-state index in [1.54, 1.807) is 36.5 Å². The molecule has 174 valence electrons. The van der Waals surface area contributed by atoms with Crippen molar-refractivity contribution < 1.29 is 21.6 Å². The number of sulfonamides is 1. The number of hydrogen-bond donors (Lipinski definition) is 0. The molecule has 11 heteroatoms. The van der Waals surface area contributed by atoms with Crippen molar-refractivity contribution in [3.8, 4) is 11.4 Å². The summed E-state index contributed by atoms with van der Waals surface area (Å²) in [5.41, 5.74) is 0.210. The second kappa shape index (κ2) is 9.08. The van der Waals surface area contributed by atoms with Gasteiger partial charge in [-0.25, -0.2) is 21.8 Å². The Balaban J connectivity index is 1.41. The molecule has 33 heavy (non-hydrogen) atoms. The fraction of sp³-hybridized carbons (Fsp3) is 0.273. The largest absolute Gasteiger partial charge is 0.490 e. The Kier molecular flexibility index (Phi) is 6.37. The highest BCUT2D eigenvalue weighted by Gasteiger charge is 2.31. The predicted octanol–water partition coefficient (Wildman–Crippen LogP) is 1.87. The topological polar surface area (TPSA) is 116 Å². The van der Waals surface area contributed by atoms with Gasteiger partial charge in [-0.05, 0) is 55.3 Å². The molecule has 4 rings (SSSR count). The van der Waals surface area contributed by atoms with Crippen molar-refractivity contribution in [3.63, 3.8) is 0 Å². The maximum absolute atomic E-state index is 12.7. The first-order valence-corrected chi connectivity index (χ1v) is 13.6. The lowest BCUT2D eigenvalue weighted by Crippen LogP contribution is -2.42. The summed E-state index contributed by atoms with van der Waals surface area (Å²) in [7, 11) is -6.95. The average molecular weight is 490 g/mol. The third-order valence-electron chi connectivity index (χ3n) is 5.38. The van der Waals surface area contributed by atoms with Gasteiger partial charge in [-0.3, -0.25) is 9.36 Å². The lowest BCUT2D eigenvalue weighted by molar-refractivity contribution is 0.134. The minimum absolute atomic E-state index is 0.0255. The Morgan fingerprint density at radius 2 is 1.67 bits per heavy atom. The Bertz CT molecular complexity index is 1390. The lowest BCUT2D eigenvalue weighted by Gasteiger charge is -2.31. The first kappa shape index (κ1) is 23.1. The maximum atomic E-state index is 12.7. The molecule has 1 fully saturated rings. The molecule has 2 aromatic heterocycles. The quantitative estimate of drug-likeness (QED) is 0.519. The number of sulfone groups is 1. The number of hydrogen-bond acceptors (Lipinski definition) is 7. The Morgan fingerprint density at radius 3 is 2.24 bits per heavy atom. The summed E-state index contributed by atoms with van der Waals surface area (Å²) in [4.78, 5) is 16.7. The van der Waals surface area contributed by atoms with E-state index in [2.05, 4.69) is 4.98 Å². The molecule has 0 spiro atoms. The van der Waals surface area contributed by atoms with Crippen LogP contribution in [0.4, 0.5) is 0 Å².